The van der Waals surface area contributed by atoms with Gasteiger partial charge in [-0.15, -0.1) is 0 Å². The van der Waals surface area contributed by atoms with Gasteiger partial charge in [0.25, 0.3) is 0 Å². The van der Waals surface area contributed by atoms with Crippen LogP contribution in [-0.4, -0.2) is 47.0 Å². The first-order valence-electron chi connectivity index (χ1n) is 13.4. The van der Waals surface area contributed by atoms with Crippen LogP contribution in [0.2, 0.25) is 5.02 Å². The monoisotopic (exact) mass is 525 g/mol. The van der Waals surface area contributed by atoms with Gasteiger partial charge in [-0.1, -0.05) is 54.1 Å². The number of aromatic nitrogens is 2. The highest BCUT2D eigenvalue weighted by atomic mass is 35.5. The summed E-state index contributed by atoms with van der Waals surface area (Å²) in [5.41, 5.74) is 5.16. The average Bonchev–Trinajstić information content (AvgIpc) is 2.90. The predicted molar refractivity (Wildman–Crippen MR) is 153 cm³/mol. The Bertz CT molecular complexity index is 1440. The van der Waals surface area contributed by atoms with Crippen molar-refractivity contribution in [2.75, 3.05) is 31.5 Å². The molecule has 7 heteroatoms. The minimum Gasteiger partial charge on any atom is -0.326 e. The summed E-state index contributed by atoms with van der Waals surface area (Å²) in [5.74, 6) is 1.82. The summed E-state index contributed by atoms with van der Waals surface area (Å²) in [5, 5.41) is 8.16. The van der Waals surface area contributed by atoms with Crippen molar-refractivity contribution < 1.29 is 4.79 Å². The molecule has 0 radical (unpaired) electrons. The van der Waals surface area contributed by atoms with E-state index in [4.69, 9.17) is 21.6 Å². The van der Waals surface area contributed by atoms with Crippen LogP contribution in [0.4, 0.5) is 5.69 Å². The minimum absolute atomic E-state index is 0.0396. The van der Waals surface area contributed by atoms with E-state index in [-0.39, 0.29) is 11.9 Å². The third-order valence-corrected chi connectivity index (χ3v) is 8.12. The number of hydrogen-bond donors (Lipinski definition) is 2. The van der Waals surface area contributed by atoms with Gasteiger partial charge in [0.1, 0.15) is 5.82 Å². The van der Waals surface area contributed by atoms with Crippen LogP contribution < -0.4 is 10.6 Å². The molecule has 6 rings (SSSR count). The number of benzene rings is 3. The molecule has 6 nitrogen and oxygen atoms in total. The Hall–Kier alpha value is -3.32. The number of nitrogens with zero attached hydrogens (tertiary/aromatic N) is 3. The van der Waals surface area contributed by atoms with Crippen molar-refractivity contribution >= 4 is 34.1 Å². The van der Waals surface area contributed by atoms with Gasteiger partial charge in [-0.2, -0.15) is 0 Å². The third kappa shape index (κ3) is 5.17. The smallest absolute Gasteiger partial charge is 0.221 e. The maximum atomic E-state index is 11.5. The van der Waals surface area contributed by atoms with Gasteiger partial charge in [0, 0.05) is 47.6 Å². The van der Waals surface area contributed by atoms with Crippen LogP contribution in [0.25, 0.3) is 22.2 Å². The van der Waals surface area contributed by atoms with E-state index in [9.17, 15) is 4.79 Å². The van der Waals surface area contributed by atoms with Gasteiger partial charge in [-0.05, 0) is 67.7 Å². The number of piperidine rings is 1. The predicted octanol–water partition coefficient (Wildman–Crippen LogP) is 6.05. The Morgan fingerprint density at radius 1 is 1.00 bits per heavy atom. The number of nitrogens with one attached hydrogen (secondary N) is 2. The zero-order valence-corrected chi connectivity index (χ0v) is 22.3. The van der Waals surface area contributed by atoms with E-state index >= 15 is 0 Å². The second-order valence-electron chi connectivity index (χ2n) is 10.4. The molecule has 1 aromatic heterocycles. The standard InChI is InChI=1S/C31H32ClN5O/c1-20(38)34-26-6-4-5-23(17-26)21-13-15-37(16-14-21)30(24-18-33-19-24)31-35-28-8-3-2-7-27(28)29(36-31)22-9-11-25(32)12-10-22/h2-12,17,21,24,30,33H,13-16,18-19H2,1H3,(H,34,38). The van der Waals surface area contributed by atoms with E-state index in [2.05, 4.69) is 39.8 Å². The lowest BCUT2D eigenvalue weighted by atomic mass is 9.85. The number of anilines is 1. The molecule has 38 heavy (non-hydrogen) atoms. The molecule has 0 aliphatic carbocycles. The van der Waals surface area contributed by atoms with Crippen LogP contribution >= 0.6 is 11.6 Å². The Morgan fingerprint density at radius 2 is 1.76 bits per heavy atom. The maximum absolute atomic E-state index is 11.5. The Balaban J connectivity index is 1.29. The van der Waals surface area contributed by atoms with Crippen LogP contribution in [0.5, 0.6) is 0 Å². The highest BCUT2D eigenvalue weighted by Crippen LogP contribution is 2.38. The molecular weight excluding hydrogens is 494 g/mol. The highest BCUT2D eigenvalue weighted by Gasteiger charge is 2.37. The second kappa shape index (κ2) is 10.8. The largest absolute Gasteiger partial charge is 0.326 e. The molecule has 3 aromatic carbocycles. The van der Waals surface area contributed by atoms with Crippen LogP contribution in [0.3, 0.4) is 0 Å². The quantitative estimate of drug-likeness (QED) is 0.321. The number of hydrogen-bond acceptors (Lipinski definition) is 5. The number of rotatable bonds is 6. The molecule has 1 amide bonds. The highest BCUT2D eigenvalue weighted by molar-refractivity contribution is 6.30. The molecular formula is C31H32ClN5O. The van der Waals surface area contributed by atoms with Crippen LogP contribution in [0.1, 0.15) is 43.1 Å². The molecule has 3 heterocycles. The van der Waals surface area contributed by atoms with Gasteiger partial charge in [0.15, 0.2) is 0 Å². The average molecular weight is 526 g/mol. The van der Waals surface area contributed by atoms with E-state index in [0.717, 1.165) is 77.7 Å². The first-order valence-corrected chi connectivity index (χ1v) is 13.8. The normalized spacial score (nSPS) is 17.7. The van der Waals surface area contributed by atoms with Gasteiger partial charge < -0.3 is 10.6 Å². The molecule has 2 saturated heterocycles. The number of likely N-dealkylation sites (tertiary alicyclic amines) is 1. The summed E-state index contributed by atoms with van der Waals surface area (Å²) in [7, 11) is 0. The molecule has 0 spiro atoms. The molecule has 4 aromatic rings. The van der Waals surface area contributed by atoms with Crippen molar-refractivity contribution in [1.82, 2.24) is 20.2 Å². The first-order chi connectivity index (χ1) is 18.5. The molecule has 1 unspecified atom stereocenters. The van der Waals surface area contributed by atoms with Crippen molar-refractivity contribution in [2.45, 2.75) is 31.7 Å². The fourth-order valence-corrected chi connectivity index (χ4v) is 5.97. The molecule has 0 saturated carbocycles. The van der Waals surface area contributed by atoms with Crippen molar-refractivity contribution in [3.8, 4) is 11.3 Å². The van der Waals surface area contributed by atoms with E-state index in [0.29, 0.717) is 11.8 Å². The first kappa shape index (κ1) is 25.0. The number of amides is 1. The van der Waals surface area contributed by atoms with Crippen molar-refractivity contribution in [2.24, 2.45) is 5.92 Å². The van der Waals surface area contributed by atoms with Crippen molar-refractivity contribution in [1.29, 1.82) is 0 Å². The molecule has 2 aliphatic heterocycles. The summed E-state index contributed by atoms with van der Waals surface area (Å²) in [6, 6.07) is 24.7. The number of fused-ring (bicyclic) bond motifs is 1. The molecule has 2 fully saturated rings. The third-order valence-electron chi connectivity index (χ3n) is 7.86. The SMILES string of the molecule is CC(=O)Nc1cccc(C2CCN(C(c3nc(-c4ccc(Cl)cc4)c4ccccc4n3)C3CNC3)CC2)c1. The lowest BCUT2D eigenvalue weighted by Crippen LogP contribution is -2.52. The molecule has 2 aliphatic rings. The summed E-state index contributed by atoms with van der Waals surface area (Å²) >= 11 is 6.19. The summed E-state index contributed by atoms with van der Waals surface area (Å²) in [6.07, 6.45) is 2.13. The summed E-state index contributed by atoms with van der Waals surface area (Å²) < 4.78 is 0. The number of para-hydroxylation sites is 1. The van der Waals surface area contributed by atoms with Crippen LogP contribution in [-0.2, 0) is 4.79 Å². The van der Waals surface area contributed by atoms with Crippen molar-refractivity contribution in [3.63, 3.8) is 0 Å². The fourth-order valence-electron chi connectivity index (χ4n) is 5.85. The number of carbonyl (C=O) groups is 1. The Morgan fingerprint density at radius 3 is 2.47 bits per heavy atom. The van der Waals surface area contributed by atoms with E-state index in [1.54, 1.807) is 6.92 Å². The van der Waals surface area contributed by atoms with Gasteiger partial charge in [0.05, 0.1) is 17.3 Å². The van der Waals surface area contributed by atoms with Crippen LogP contribution in [0, 0.1) is 5.92 Å². The lowest BCUT2D eigenvalue weighted by molar-refractivity contribution is -0.114. The van der Waals surface area contributed by atoms with E-state index in [1.807, 2.05) is 48.5 Å². The topological polar surface area (TPSA) is 70.2 Å². The lowest BCUT2D eigenvalue weighted by Gasteiger charge is -2.43. The number of halogens is 1. The summed E-state index contributed by atoms with van der Waals surface area (Å²) in [6.45, 7) is 5.49. The molecule has 194 valence electrons. The summed E-state index contributed by atoms with van der Waals surface area (Å²) in [4.78, 5) is 24.5. The van der Waals surface area contributed by atoms with E-state index < -0.39 is 0 Å². The Labute approximate surface area is 228 Å². The Kier molecular flexibility index (Phi) is 7.11. The zero-order valence-electron chi connectivity index (χ0n) is 21.5. The molecule has 0 bridgehead atoms. The zero-order chi connectivity index (χ0) is 26.1. The van der Waals surface area contributed by atoms with Crippen LogP contribution in [0.15, 0.2) is 72.8 Å². The molecule has 1 atom stereocenters. The van der Waals surface area contributed by atoms with E-state index in [1.165, 1.54) is 5.56 Å². The molecule has 2 N–H and O–H groups in total. The van der Waals surface area contributed by atoms with Crippen molar-refractivity contribution in [3.05, 3.63) is 89.2 Å². The van der Waals surface area contributed by atoms with Gasteiger partial charge in [0.2, 0.25) is 5.91 Å². The second-order valence-corrected chi connectivity index (χ2v) is 10.9. The minimum atomic E-state index is -0.0396. The fraction of sp³-hybridized carbons (Fsp3) is 0.323. The van der Waals surface area contributed by atoms with Gasteiger partial charge >= 0.3 is 0 Å². The number of carbonyl (C=O) groups excluding carboxylic acids is 1. The van der Waals surface area contributed by atoms with Gasteiger partial charge in [-0.3, -0.25) is 9.69 Å². The van der Waals surface area contributed by atoms with Gasteiger partial charge in [-0.25, -0.2) is 9.97 Å². The maximum Gasteiger partial charge on any atom is 0.221 e.